The van der Waals surface area contributed by atoms with Crippen LogP contribution in [0.15, 0.2) is 34.9 Å². The molecule has 0 spiro atoms. The summed E-state index contributed by atoms with van der Waals surface area (Å²) < 4.78 is 15.3. The number of nitrogens with one attached hydrogen (secondary N) is 1. The molecule has 0 bridgehead atoms. The van der Waals surface area contributed by atoms with Crippen molar-refractivity contribution in [1.29, 1.82) is 0 Å². The van der Waals surface area contributed by atoms with E-state index in [1.807, 2.05) is 0 Å². The summed E-state index contributed by atoms with van der Waals surface area (Å²) in [6.07, 6.45) is 1.79. The lowest BCUT2D eigenvalue weighted by atomic mass is 10.2. The summed E-state index contributed by atoms with van der Waals surface area (Å²) in [7, 11) is 1.79. The molecule has 1 amide bonds. The quantitative estimate of drug-likeness (QED) is 0.905. The normalized spacial score (nSPS) is 10.4. The zero-order chi connectivity index (χ0) is 13.3. The van der Waals surface area contributed by atoms with Gasteiger partial charge in [-0.25, -0.2) is 4.39 Å². The maximum Gasteiger partial charge on any atom is 0.272 e. The van der Waals surface area contributed by atoms with Gasteiger partial charge < -0.3 is 9.88 Å². The Balaban J connectivity index is 2.28. The number of benzene rings is 1. The van der Waals surface area contributed by atoms with Crippen LogP contribution in [-0.4, -0.2) is 10.5 Å². The first-order chi connectivity index (χ1) is 8.49. The summed E-state index contributed by atoms with van der Waals surface area (Å²) in [5, 5.41) is 2.77. The number of hydrogen-bond donors (Lipinski definition) is 1. The van der Waals surface area contributed by atoms with Gasteiger partial charge in [-0.15, -0.1) is 0 Å². The Morgan fingerprint density at radius 2 is 2.17 bits per heavy atom. The van der Waals surface area contributed by atoms with Crippen LogP contribution >= 0.6 is 15.9 Å². The molecule has 1 heterocycles. The highest BCUT2D eigenvalue weighted by atomic mass is 79.9. The van der Waals surface area contributed by atoms with Crippen LogP contribution in [0.2, 0.25) is 0 Å². The third-order valence-electron chi connectivity index (χ3n) is 2.69. The van der Waals surface area contributed by atoms with Crippen molar-refractivity contribution in [2.45, 2.75) is 6.92 Å². The highest BCUT2D eigenvalue weighted by molar-refractivity contribution is 9.10. The highest BCUT2D eigenvalue weighted by Crippen LogP contribution is 2.24. The summed E-state index contributed by atoms with van der Waals surface area (Å²) in [4.78, 5) is 12.0. The van der Waals surface area contributed by atoms with Crippen LogP contribution < -0.4 is 5.32 Å². The minimum Gasteiger partial charge on any atom is -0.347 e. The molecule has 0 aliphatic heterocycles. The van der Waals surface area contributed by atoms with E-state index in [1.165, 1.54) is 6.07 Å². The smallest absolute Gasteiger partial charge is 0.272 e. The van der Waals surface area contributed by atoms with Gasteiger partial charge in [-0.1, -0.05) is 0 Å². The third kappa shape index (κ3) is 2.46. The van der Waals surface area contributed by atoms with Crippen LogP contribution in [-0.2, 0) is 7.05 Å². The van der Waals surface area contributed by atoms with E-state index in [4.69, 9.17) is 0 Å². The fourth-order valence-corrected chi connectivity index (χ4v) is 2.01. The molecule has 0 aliphatic rings. The summed E-state index contributed by atoms with van der Waals surface area (Å²) in [5.74, 6) is -0.562. The molecule has 0 saturated heterocycles. The fraction of sp³-hybridized carbons (Fsp3) is 0.154. The first kappa shape index (κ1) is 12.8. The molecule has 1 aromatic heterocycles. The van der Waals surface area contributed by atoms with Gasteiger partial charge in [-0.05, 0) is 52.7 Å². The molecule has 0 unspecified atom stereocenters. The number of carbonyl (C=O) groups is 1. The average Bonchev–Trinajstić information content (AvgIpc) is 2.72. The predicted molar refractivity (Wildman–Crippen MR) is 72.2 cm³/mol. The monoisotopic (exact) mass is 310 g/mol. The standard InChI is InChI=1S/C13H12BrFN2O/c1-8-6-10(15)9(14)7-11(8)16-13(18)12-4-3-5-17(12)2/h3-7H,1-2H3,(H,16,18). The second-order valence-corrected chi connectivity index (χ2v) is 4.89. The Hall–Kier alpha value is -1.62. The van der Waals surface area contributed by atoms with E-state index in [1.54, 1.807) is 42.9 Å². The molecular formula is C13H12BrFN2O. The second kappa shape index (κ2) is 4.94. The Morgan fingerprint density at radius 1 is 1.44 bits per heavy atom. The number of amides is 1. The summed E-state index contributed by atoms with van der Waals surface area (Å²) in [6, 6.07) is 6.46. The van der Waals surface area contributed by atoms with Crippen LogP contribution in [0.25, 0.3) is 0 Å². The number of rotatable bonds is 2. The van der Waals surface area contributed by atoms with Gasteiger partial charge in [0.05, 0.1) is 4.47 Å². The van der Waals surface area contributed by atoms with Crippen LogP contribution in [0, 0.1) is 12.7 Å². The number of nitrogens with zero attached hydrogens (tertiary/aromatic N) is 1. The third-order valence-corrected chi connectivity index (χ3v) is 3.30. The number of carbonyl (C=O) groups excluding carboxylic acids is 1. The van der Waals surface area contributed by atoms with Gasteiger partial charge >= 0.3 is 0 Å². The first-order valence-electron chi connectivity index (χ1n) is 5.37. The summed E-state index contributed by atoms with van der Waals surface area (Å²) in [5.41, 5.74) is 1.82. The van der Waals surface area contributed by atoms with E-state index in [0.717, 1.165) is 0 Å². The largest absolute Gasteiger partial charge is 0.347 e. The zero-order valence-corrected chi connectivity index (χ0v) is 11.6. The van der Waals surface area contributed by atoms with Gasteiger partial charge in [-0.3, -0.25) is 4.79 Å². The Labute approximate surface area is 113 Å². The predicted octanol–water partition coefficient (Wildman–Crippen LogP) is 3.49. The fourth-order valence-electron chi connectivity index (χ4n) is 1.66. The minimum absolute atomic E-state index is 0.218. The molecule has 5 heteroatoms. The van der Waals surface area contributed by atoms with E-state index in [-0.39, 0.29) is 11.7 Å². The van der Waals surface area contributed by atoms with Crippen LogP contribution in [0.4, 0.5) is 10.1 Å². The molecule has 18 heavy (non-hydrogen) atoms. The average molecular weight is 311 g/mol. The topological polar surface area (TPSA) is 34.0 Å². The molecule has 0 atom stereocenters. The van der Waals surface area contributed by atoms with Gasteiger partial charge in [0.25, 0.3) is 5.91 Å². The SMILES string of the molecule is Cc1cc(F)c(Br)cc1NC(=O)c1cccn1C. The molecule has 1 aromatic carbocycles. The Bertz CT molecular complexity index is 607. The Kier molecular flexibility index (Phi) is 3.52. The molecule has 94 valence electrons. The van der Waals surface area contributed by atoms with Crippen molar-refractivity contribution in [3.8, 4) is 0 Å². The van der Waals surface area contributed by atoms with Gasteiger partial charge in [0, 0.05) is 18.9 Å². The Morgan fingerprint density at radius 3 is 2.78 bits per heavy atom. The lowest BCUT2D eigenvalue weighted by Gasteiger charge is -2.10. The van der Waals surface area contributed by atoms with Gasteiger partial charge in [-0.2, -0.15) is 0 Å². The number of anilines is 1. The van der Waals surface area contributed by atoms with Crippen molar-refractivity contribution < 1.29 is 9.18 Å². The van der Waals surface area contributed by atoms with E-state index >= 15 is 0 Å². The summed E-state index contributed by atoms with van der Waals surface area (Å²) in [6.45, 7) is 1.75. The van der Waals surface area contributed by atoms with Crippen molar-refractivity contribution in [1.82, 2.24) is 4.57 Å². The van der Waals surface area contributed by atoms with Crippen LogP contribution in [0.5, 0.6) is 0 Å². The molecule has 0 saturated carbocycles. The van der Waals surface area contributed by atoms with E-state index in [9.17, 15) is 9.18 Å². The number of halogens is 2. The van der Waals surface area contributed by atoms with E-state index < -0.39 is 0 Å². The first-order valence-corrected chi connectivity index (χ1v) is 6.16. The number of aromatic nitrogens is 1. The number of aryl methyl sites for hydroxylation is 2. The van der Waals surface area contributed by atoms with Crippen molar-refractivity contribution in [2.24, 2.45) is 7.05 Å². The molecule has 0 aliphatic carbocycles. The van der Waals surface area contributed by atoms with Gasteiger partial charge in [0.2, 0.25) is 0 Å². The summed E-state index contributed by atoms with van der Waals surface area (Å²) >= 11 is 3.10. The molecule has 0 fully saturated rings. The maximum absolute atomic E-state index is 13.3. The van der Waals surface area contributed by atoms with Crippen molar-refractivity contribution in [2.75, 3.05) is 5.32 Å². The second-order valence-electron chi connectivity index (χ2n) is 4.04. The van der Waals surface area contributed by atoms with Gasteiger partial charge in [0.15, 0.2) is 0 Å². The molecule has 0 radical (unpaired) electrons. The van der Waals surface area contributed by atoms with Crippen LogP contribution in [0.3, 0.4) is 0 Å². The molecule has 2 aromatic rings. The van der Waals surface area contributed by atoms with Crippen molar-refractivity contribution >= 4 is 27.5 Å². The maximum atomic E-state index is 13.3. The lowest BCUT2D eigenvalue weighted by molar-refractivity contribution is 0.101. The minimum atomic E-state index is -0.343. The number of hydrogen-bond acceptors (Lipinski definition) is 1. The van der Waals surface area contributed by atoms with Crippen LogP contribution in [0.1, 0.15) is 16.1 Å². The van der Waals surface area contributed by atoms with E-state index in [0.29, 0.717) is 21.4 Å². The van der Waals surface area contributed by atoms with Crippen molar-refractivity contribution in [3.63, 3.8) is 0 Å². The highest BCUT2D eigenvalue weighted by Gasteiger charge is 2.12. The zero-order valence-electron chi connectivity index (χ0n) is 10.00. The molecule has 3 nitrogen and oxygen atoms in total. The molecule has 1 N–H and O–H groups in total. The van der Waals surface area contributed by atoms with Crippen molar-refractivity contribution in [3.05, 3.63) is 52.0 Å². The molecule has 2 rings (SSSR count). The van der Waals surface area contributed by atoms with Gasteiger partial charge in [0.1, 0.15) is 11.5 Å². The molecular weight excluding hydrogens is 299 g/mol. The van der Waals surface area contributed by atoms with E-state index in [2.05, 4.69) is 21.2 Å². The lowest BCUT2D eigenvalue weighted by Crippen LogP contribution is -2.16.